The molecule has 1 aliphatic rings. The third-order valence-electron chi connectivity index (χ3n) is 2.74. The van der Waals surface area contributed by atoms with Gasteiger partial charge in [-0.3, -0.25) is 14.9 Å². The van der Waals surface area contributed by atoms with E-state index in [4.69, 9.17) is 4.74 Å². The van der Waals surface area contributed by atoms with Crippen LogP contribution in [-0.4, -0.2) is 47.0 Å². The van der Waals surface area contributed by atoms with Crippen LogP contribution in [0.3, 0.4) is 0 Å². The number of morpholine rings is 1. The van der Waals surface area contributed by atoms with E-state index in [2.05, 4.69) is 26.5 Å². The van der Waals surface area contributed by atoms with E-state index in [1.165, 1.54) is 0 Å². The van der Waals surface area contributed by atoms with Crippen LogP contribution in [-0.2, 0) is 18.0 Å². The highest BCUT2D eigenvalue weighted by Gasteiger charge is 2.39. The topological polar surface area (TPSA) is 59.4 Å². The number of hydrogen-bond acceptors (Lipinski definition) is 4. The molecule has 1 N–H and O–H groups in total. The van der Waals surface area contributed by atoms with E-state index in [1.54, 1.807) is 5.01 Å². The second-order valence-electron chi connectivity index (χ2n) is 4.17. The van der Waals surface area contributed by atoms with Crippen LogP contribution in [0.5, 0.6) is 0 Å². The summed E-state index contributed by atoms with van der Waals surface area (Å²) in [5.74, 6) is -0.690. The highest BCUT2D eigenvalue weighted by atomic mass is 79.9. The number of ether oxygens (including phenoxy) is 1. The van der Waals surface area contributed by atoms with Crippen molar-refractivity contribution in [3.63, 3.8) is 0 Å². The number of rotatable bonds is 2. The van der Waals surface area contributed by atoms with Crippen molar-refractivity contribution in [1.82, 2.24) is 20.2 Å². The second-order valence-corrected chi connectivity index (χ2v) is 4.97. The molecule has 0 saturated carbocycles. The lowest BCUT2D eigenvalue weighted by molar-refractivity contribution is -0.144. The highest BCUT2D eigenvalue weighted by molar-refractivity contribution is 9.10. The van der Waals surface area contributed by atoms with Gasteiger partial charge in [0.1, 0.15) is 0 Å². The summed E-state index contributed by atoms with van der Waals surface area (Å²) in [6, 6.07) is 0. The number of carbonyl (C=O) groups excluding carboxylic acids is 1. The first-order valence-electron chi connectivity index (χ1n) is 5.74. The van der Waals surface area contributed by atoms with Crippen LogP contribution in [0.25, 0.3) is 0 Å². The molecule has 0 atom stereocenters. The molecule has 6 nitrogen and oxygen atoms in total. The minimum Gasteiger partial charge on any atom is -0.379 e. The molecule has 1 aromatic heterocycles. The molecule has 1 saturated heterocycles. The summed E-state index contributed by atoms with van der Waals surface area (Å²) in [6.45, 7) is 1.86. The van der Waals surface area contributed by atoms with Crippen LogP contribution in [0.1, 0.15) is 16.2 Å². The van der Waals surface area contributed by atoms with Crippen LogP contribution in [0.15, 0.2) is 4.47 Å². The van der Waals surface area contributed by atoms with Crippen molar-refractivity contribution in [2.45, 2.75) is 6.18 Å². The van der Waals surface area contributed by atoms with Crippen molar-refractivity contribution >= 4 is 21.8 Å². The van der Waals surface area contributed by atoms with Gasteiger partial charge in [0.2, 0.25) is 0 Å². The molecule has 0 spiro atoms. The number of aromatic nitrogens is 2. The number of aryl methyl sites for hydroxylation is 1. The van der Waals surface area contributed by atoms with Crippen LogP contribution in [0, 0.1) is 0 Å². The monoisotopic (exact) mass is 356 g/mol. The SMILES string of the molecule is Cn1nc(C(=O)NN2CCOCC2)c(Br)c1C(F)(F)F. The minimum absolute atomic E-state index is 0.300. The molecule has 2 heterocycles. The Hall–Kier alpha value is -1.13. The summed E-state index contributed by atoms with van der Waals surface area (Å²) in [5.41, 5.74) is 1.21. The third-order valence-corrected chi connectivity index (χ3v) is 3.49. The summed E-state index contributed by atoms with van der Waals surface area (Å²) in [4.78, 5) is 12.0. The Bertz CT molecular complexity index is 511. The van der Waals surface area contributed by atoms with E-state index in [1.807, 2.05) is 0 Å². The van der Waals surface area contributed by atoms with Gasteiger partial charge in [0.15, 0.2) is 11.4 Å². The maximum absolute atomic E-state index is 12.8. The molecule has 0 unspecified atom stereocenters. The number of amides is 1. The largest absolute Gasteiger partial charge is 0.434 e. The van der Waals surface area contributed by atoms with Gasteiger partial charge in [-0.1, -0.05) is 0 Å². The molecule has 1 fully saturated rings. The van der Waals surface area contributed by atoms with E-state index in [0.717, 1.165) is 7.05 Å². The van der Waals surface area contributed by atoms with E-state index in [0.29, 0.717) is 31.0 Å². The molecule has 0 aromatic carbocycles. The van der Waals surface area contributed by atoms with Crippen molar-refractivity contribution in [2.75, 3.05) is 26.3 Å². The van der Waals surface area contributed by atoms with Gasteiger partial charge >= 0.3 is 6.18 Å². The van der Waals surface area contributed by atoms with Gasteiger partial charge in [-0.2, -0.15) is 18.3 Å². The molecule has 2 rings (SSSR count). The van der Waals surface area contributed by atoms with Gasteiger partial charge in [0.05, 0.1) is 17.7 Å². The predicted octanol–water partition coefficient (Wildman–Crippen LogP) is 1.18. The molecule has 1 aliphatic heterocycles. The number of carbonyl (C=O) groups is 1. The molecule has 10 heteroatoms. The lowest BCUT2D eigenvalue weighted by Crippen LogP contribution is -2.48. The van der Waals surface area contributed by atoms with Gasteiger partial charge in [0, 0.05) is 20.1 Å². The molecule has 1 amide bonds. The average molecular weight is 357 g/mol. The van der Waals surface area contributed by atoms with Gasteiger partial charge in [-0.05, 0) is 15.9 Å². The first-order valence-corrected chi connectivity index (χ1v) is 6.53. The van der Waals surface area contributed by atoms with E-state index >= 15 is 0 Å². The highest BCUT2D eigenvalue weighted by Crippen LogP contribution is 2.36. The Labute approximate surface area is 121 Å². The maximum Gasteiger partial charge on any atom is 0.434 e. The van der Waals surface area contributed by atoms with Gasteiger partial charge in [-0.15, -0.1) is 0 Å². The summed E-state index contributed by atoms with van der Waals surface area (Å²) in [6.07, 6.45) is -4.59. The fourth-order valence-electron chi connectivity index (χ4n) is 1.82. The first kappa shape index (κ1) is 15.3. The van der Waals surface area contributed by atoms with Crippen molar-refractivity contribution < 1.29 is 22.7 Å². The minimum atomic E-state index is -4.59. The van der Waals surface area contributed by atoms with E-state index in [-0.39, 0.29) is 10.2 Å². The predicted molar refractivity (Wildman–Crippen MR) is 65.8 cm³/mol. The van der Waals surface area contributed by atoms with Crippen molar-refractivity contribution in [3.05, 3.63) is 15.9 Å². The number of hydrogen-bond donors (Lipinski definition) is 1. The normalized spacial score (nSPS) is 17.2. The van der Waals surface area contributed by atoms with Gasteiger partial charge < -0.3 is 4.74 Å². The molecule has 0 aliphatic carbocycles. The lowest BCUT2D eigenvalue weighted by Gasteiger charge is -2.26. The molecular formula is C10H12BrF3N4O2. The van der Waals surface area contributed by atoms with Crippen molar-refractivity contribution in [1.29, 1.82) is 0 Å². The Morgan fingerprint density at radius 2 is 2.00 bits per heavy atom. The summed E-state index contributed by atoms with van der Waals surface area (Å²) in [5, 5.41) is 5.21. The number of halogens is 4. The summed E-state index contributed by atoms with van der Waals surface area (Å²) in [7, 11) is 1.14. The zero-order chi connectivity index (χ0) is 14.9. The number of hydrazine groups is 1. The molecule has 112 valence electrons. The Kier molecular flexibility index (Phi) is 4.35. The van der Waals surface area contributed by atoms with Gasteiger partial charge in [-0.25, -0.2) is 5.01 Å². The maximum atomic E-state index is 12.8. The number of nitrogens with one attached hydrogen (secondary N) is 1. The van der Waals surface area contributed by atoms with Crippen molar-refractivity contribution in [2.24, 2.45) is 7.05 Å². The Morgan fingerprint density at radius 1 is 1.40 bits per heavy atom. The van der Waals surface area contributed by atoms with Crippen molar-refractivity contribution in [3.8, 4) is 0 Å². The Balaban J connectivity index is 2.18. The zero-order valence-corrected chi connectivity index (χ0v) is 12.1. The molecule has 0 radical (unpaired) electrons. The lowest BCUT2D eigenvalue weighted by atomic mass is 10.3. The van der Waals surface area contributed by atoms with E-state index in [9.17, 15) is 18.0 Å². The quantitative estimate of drug-likeness (QED) is 0.864. The zero-order valence-electron chi connectivity index (χ0n) is 10.5. The fraction of sp³-hybridized carbons (Fsp3) is 0.600. The number of alkyl halides is 3. The molecule has 20 heavy (non-hydrogen) atoms. The Morgan fingerprint density at radius 3 is 2.50 bits per heavy atom. The third kappa shape index (κ3) is 3.13. The molecule has 0 bridgehead atoms. The summed E-state index contributed by atoms with van der Waals surface area (Å²) < 4.78 is 43.8. The van der Waals surface area contributed by atoms with Crippen LogP contribution >= 0.6 is 15.9 Å². The summed E-state index contributed by atoms with van der Waals surface area (Å²) >= 11 is 2.80. The van der Waals surface area contributed by atoms with Crippen LogP contribution in [0.2, 0.25) is 0 Å². The number of nitrogens with zero attached hydrogens (tertiary/aromatic N) is 3. The molecule has 1 aromatic rings. The van der Waals surface area contributed by atoms with Crippen LogP contribution < -0.4 is 5.43 Å². The van der Waals surface area contributed by atoms with Crippen LogP contribution in [0.4, 0.5) is 13.2 Å². The van der Waals surface area contributed by atoms with Gasteiger partial charge in [0.25, 0.3) is 5.91 Å². The van der Waals surface area contributed by atoms with E-state index < -0.39 is 17.8 Å². The first-order chi connectivity index (χ1) is 9.30. The smallest absolute Gasteiger partial charge is 0.379 e. The fourth-order valence-corrected chi connectivity index (χ4v) is 2.56. The second kappa shape index (κ2) is 5.70. The standard InChI is InChI=1S/C10H12BrF3N4O2/c1-17-8(10(12,13)14)6(11)7(15-17)9(19)16-18-2-4-20-5-3-18/h2-5H2,1H3,(H,16,19). The molecular weight excluding hydrogens is 345 g/mol. The average Bonchev–Trinajstić information content (AvgIpc) is 2.65.